The van der Waals surface area contributed by atoms with Gasteiger partial charge in [0.2, 0.25) is 0 Å². The molecule has 0 fully saturated rings. The summed E-state index contributed by atoms with van der Waals surface area (Å²) < 4.78 is 5.50. The number of rotatable bonds is 5. The van der Waals surface area contributed by atoms with Gasteiger partial charge in [0.1, 0.15) is 0 Å². The Morgan fingerprint density at radius 1 is 1.38 bits per heavy atom. The highest BCUT2D eigenvalue weighted by Crippen LogP contribution is 2.03. The van der Waals surface area contributed by atoms with E-state index in [1.807, 2.05) is 24.3 Å². The summed E-state index contributed by atoms with van der Waals surface area (Å²) in [5.74, 6) is 0.434. The third kappa shape index (κ3) is 3.90. The van der Waals surface area contributed by atoms with Crippen LogP contribution in [0, 0.1) is 5.92 Å². The van der Waals surface area contributed by atoms with Gasteiger partial charge in [-0.25, -0.2) is 0 Å². The van der Waals surface area contributed by atoms with E-state index >= 15 is 0 Å². The number of ether oxygens (including phenoxy) is 1. The zero-order chi connectivity index (χ0) is 9.52. The Morgan fingerprint density at radius 2 is 2.08 bits per heavy atom. The molecule has 1 nitrogen and oxygen atoms in total. The maximum atomic E-state index is 5.50. The van der Waals surface area contributed by atoms with Crippen molar-refractivity contribution in [2.75, 3.05) is 6.61 Å². The summed E-state index contributed by atoms with van der Waals surface area (Å²) in [6.45, 7) is 7.24. The Balaban J connectivity index is 2.24. The molecular weight excluding hydrogens is 160 g/mol. The molecule has 1 aromatic carbocycles. The smallest absolute Gasteiger partial charge is 0.0717 e. The topological polar surface area (TPSA) is 9.23 Å². The first-order valence-corrected chi connectivity index (χ1v) is 4.57. The zero-order valence-corrected chi connectivity index (χ0v) is 8.07. The van der Waals surface area contributed by atoms with Crippen LogP contribution >= 0.6 is 0 Å². The molecule has 0 N–H and O–H groups in total. The monoisotopic (exact) mass is 176 g/mol. The van der Waals surface area contributed by atoms with E-state index in [4.69, 9.17) is 4.74 Å². The standard InChI is InChI=1S/C12H16O/c1-3-11(2)9-13-10-12-7-5-4-6-8-12/h3-8,11H,1,9-10H2,2H3/t11-/m1/s1. The highest BCUT2D eigenvalue weighted by Gasteiger charge is 1.96. The van der Waals surface area contributed by atoms with E-state index in [9.17, 15) is 0 Å². The molecule has 1 atom stereocenters. The zero-order valence-electron chi connectivity index (χ0n) is 8.07. The van der Waals surface area contributed by atoms with Crippen LogP contribution in [0.2, 0.25) is 0 Å². The lowest BCUT2D eigenvalue weighted by Crippen LogP contribution is -2.02. The molecule has 1 rings (SSSR count). The van der Waals surface area contributed by atoms with Crippen LogP contribution in [0.5, 0.6) is 0 Å². The van der Waals surface area contributed by atoms with Crippen LogP contribution in [0.4, 0.5) is 0 Å². The lowest BCUT2D eigenvalue weighted by atomic mass is 10.2. The molecule has 0 saturated carbocycles. The van der Waals surface area contributed by atoms with Gasteiger partial charge in [-0.05, 0) is 11.5 Å². The van der Waals surface area contributed by atoms with E-state index in [1.54, 1.807) is 0 Å². The molecule has 0 amide bonds. The average Bonchev–Trinajstić information content (AvgIpc) is 2.19. The van der Waals surface area contributed by atoms with Crippen LogP contribution in [-0.2, 0) is 11.3 Å². The lowest BCUT2D eigenvalue weighted by Gasteiger charge is -2.06. The van der Waals surface area contributed by atoms with Crippen LogP contribution in [0.3, 0.4) is 0 Å². The van der Waals surface area contributed by atoms with Crippen molar-refractivity contribution in [3.63, 3.8) is 0 Å². The first kappa shape index (κ1) is 10.0. The Labute approximate surface area is 80.0 Å². The predicted octanol–water partition coefficient (Wildman–Crippen LogP) is 3.03. The second-order valence-electron chi connectivity index (χ2n) is 3.21. The van der Waals surface area contributed by atoms with Crippen molar-refractivity contribution in [2.45, 2.75) is 13.5 Å². The molecule has 1 aromatic rings. The lowest BCUT2D eigenvalue weighted by molar-refractivity contribution is 0.104. The van der Waals surface area contributed by atoms with Gasteiger partial charge in [0.25, 0.3) is 0 Å². The van der Waals surface area contributed by atoms with E-state index in [-0.39, 0.29) is 0 Å². The van der Waals surface area contributed by atoms with Gasteiger partial charge < -0.3 is 4.74 Å². The molecule has 0 radical (unpaired) electrons. The quantitative estimate of drug-likeness (QED) is 0.626. The molecule has 0 heterocycles. The summed E-state index contributed by atoms with van der Waals surface area (Å²) in [5, 5.41) is 0. The van der Waals surface area contributed by atoms with Gasteiger partial charge in [0, 0.05) is 0 Å². The average molecular weight is 176 g/mol. The van der Waals surface area contributed by atoms with Gasteiger partial charge in [0.05, 0.1) is 13.2 Å². The van der Waals surface area contributed by atoms with Crippen LogP contribution in [0.15, 0.2) is 43.0 Å². The fourth-order valence-electron chi connectivity index (χ4n) is 1.00. The molecule has 0 unspecified atom stereocenters. The largest absolute Gasteiger partial charge is 0.376 e. The minimum atomic E-state index is 0.434. The predicted molar refractivity (Wildman–Crippen MR) is 55.5 cm³/mol. The normalized spacial score (nSPS) is 12.4. The minimum Gasteiger partial charge on any atom is -0.376 e. The Morgan fingerprint density at radius 3 is 2.69 bits per heavy atom. The Hall–Kier alpha value is -1.08. The summed E-state index contributed by atoms with van der Waals surface area (Å²) in [7, 11) is 0. The summed E-state index contributed by atoms with van der Waals surface area (Å²) in [6.07, 6.45) is 1.91. The molecule has 0 aromatic heterocycles. The molecule has 0 spiro atoms. The van der Waals surface area contributed by atoms with Crippen molar-refractivity contribution >= 4 is 0 Å². The van der Waals surface area contributed by atoms with Crippen LogP contribution in [0.1, 0.15) is 12.5 Å². The van der Waals surface area contributed by atoms with Crippen molar-refractivity contribution in [3.05, 3.63) is 48.6 Å². The van der Waals surface area contributed by atoms with E-state index < -0.39 is 0 Å². The second-order valence-corrected chi connectivity index (χ2v) is 3.21. The first-order valence-electron chi connectivity index (χ1n) is 4.57. The highest BCUT2D eigenvalue weighted by atomic mass is 16.5. The summed E-state index contributed by atoms with van der Waals surface area (Å²) in [5.41, 5.74) is 1.22. The molecule has 70 valence electrons. The van der Waals surface area contributed by atoms with Gasteiger partial charge in [-0.2, -0.15) is 0 Å². The van der Waals surface area contributed by atoms with E-state index in [1.165, 1.54) is 5.56 Å². The van der Waals surface area contributed by atoms with Crippen molar-refractivity contribution in [1.29, 1.82) is 0 Å². The van der Waals surface area contributed by atoms with Crippen molar-refractivity contribution < 1.29 is 4.74 Å². The van der Waals surface area contributed by atoms with E-state index in [0.717, 1.165) is 6.61 Å². The Kier molecular flexibility index (Phi) is 4.27. The maximum Gasteiger partial charge on any atom is 0.0717 e. The molecule has 0 bridgehead atoms. The molecule has 1 heteroatoms. The third-order valence-corrected chi connectivity index (χ3v) is 1.89. The summed E-state index contributed by atoms with van der Waals surface area (Å²) in [4.78, 5) is 0. The first-order chi connectivity index (χ1) is 6.33. The van der Waals surface area contributed by atoms with Crippen LogP contribution in [-0.4, -0.2) is 6.61 Å². The van der Waals surface area contributed by atoms with Gasteiger partial charge in [0.15, 0.2) is 0 Å². The molecule has 0 saturated heterocycles. The van der Waals surface area contributed by atoms with Gasteiger partial charge in [-0.15, -0.1) is 6.58 Å². The third-order valence-electron chi connectivity index (χ3n) is 1.89. The molecule has 0 aliphatic carbocycles. The van der Waals surface area contributed by atoms with Gasteiger partial charge in [-0.1, -0.05) is 43.3 Å². The van der Waals surface area contributed by atoms with Crippen molar-refractivity contribution in [3.8, 4) is 0 Å². The minimum absolute atomic E-state index is 0.434. The summed E-state index contributed by atoms with van der Waals surface area (Å²) in [6, 6.07) is 10.2. The molecule has 0 aliphatic rings. The molecular formula is C12H16O. The Bertz CT molecular complexity index is 241. The molecule has 0 aliphatic heterocycles. The second kappa shape index (κ2) is 5.55. The summed E-state index contributed by atoms with van der Waals surface area (Å²) >= 11 is 0. The van der Waals surface area contributed by atoms with Crippen LogP contribution < -0.4 is 0 Å². The number of hydrogen-bond acceptors (Lipinski definition) is 1. The highest BCUT2D eigenvalue weighted by molar-refractivity contribution is 5.13. The molecule has 13 heavy (non-hydrogen) atoms. The van der Waals surface area contributed by atoms with Crippen molar-refractivity contribution in [2.24, 2.45) is 5.92 Å². The SMILES string of the molecule is C=C[C@@H](C)COCc1ccccc1. The van der Waals surface area contributed by atoms with Crippen molar-refractivity contribution in [1.82, 2.24) is 0 Å². The fourth-order valence-corrected chi connectivity index (χ4v) is 1.00. The number of benzene rings is 1. The van der Waals surface area contributed by atoms with Crippen LogP contribution in [0.25, 0.3) is 0 Å². The fraction of sp³-hybridized carbons (Fsp3) is 0.333. The van der Waals surface area contributed by atoms with Gasteiger partial charge in [-0.3, -0.25) is 0 Å². The number of hydrogen-bond donors (Lipinski definition) is 0. The van der Waals surface area contributed by atoms with Gasteiger partial charge >= 0.3 is 0 Å². The van der Waals surface area contributed by atoms with E-state index in [0.29, 0.717) is 12.5 Å². The van der Waals surface area contributed by atoms with E-state index in [2.05, 4.69) is 25.6 Å². The maximum absolute atomic E-state index is 5.50.